The van der Waals surface area contributed by atoms with E-state index in [9.17, 15) is 4.79 Å². The lowest BCUT2D eigenvalue weighted by atomic mass is 10.2. The van der Waals surface area contributed by atoms with Crippen LogP contribution < -0.4 is 20.1 Å². The fourth-order valence-corrected chi connectivity index (χ4v) is 2.61. The smallest absolute Gasteiger partial charge is 0.253 e. The molecule has 138 valence electrons. The molecule has 0 fully saturated rings. The molecule has 0 bridgehead atoms. The summed E-state index contributed by atoms with van der Waals surface area (Å²) in [6.07, 6.45) is 1.54. The minimum Gasteiger partial charge on any atom is -0.496 e. The van der Waals surface area contributed by atoms with E-state index in [-0.39, 0.29) is 5.91 Å². The Balaban J connectivity index is 1.63. The lowest BCUT2D eigenvalue weighted by molar-refractivity contribution is 0.0950. The van der Waals surface area contributed by atoms with E-state index in [1.165, 1.54) is 6.20 Å². The second-order valence-electron chi connectivity index (χ2n) is 5.75. The molecule has 27 heavy (non-hydrogen) atoms. The molecule has 0 spiro atoms. The second-order valence-corrected chi connectivity index (χ2v) is 5.75. The van der Waals surface area contributed by atoms with Gasteiger partial charge in [-0.3, -0.25) is 4.79 Å². The summed E-state index contributed by atoms with van der Waals surface area (Å²) in [7, 11) is 3.22. The first-order valence-electron chi connectivity index (χ1n) is 8.47. The molecule has 0 saturated heterocycles. The highest BCUT2D eigenvalue weighted by Gasteiger charge is 2.09. The van der Waals surface area contributed by atoms with E-state index in [0.29, 0.717) is 17.9 Å². The zero-order valence-corrected chi connectivity index (χ0v) is 15.2. The number of hydrogen-bond acceptors (Lipinski definition) is 5. The summed E-state index contributed by atoms with van der Waals surface area (Å²) >= 11 is 0. The Hall–Kier alpha value is -3.54. The van der Waals surface area contributed by atoms with Gasteiger partial charge in [0.25, 0.3) is 5.91 Å². The van der Waals surface area contributed by atoms with E-state index in [1.807, 2.05) is 48.5 Å². The maximum Gasteiger partial charge on any atom is 0.253 e. The second kappa shape index (κ2) is 8.71. The van der Waals surface area contributed by atoms with Gasteiger partial charge in [-0.15, -0.1) is 0 Å². The third-order valence-corrected chi connectivity index (χ3v) is 4.03. The Bertz CT molecular complexity index is 911. The Morgan fingerprint density at radius 1 is 0.926 bits per heavy atom. The van der Waals surface area contributed by atoms with E-state index < -0.39 is 0 Å². The van der Waals surface area contributed by atoms with Crippen LogP contribution in [0.25, 0.3) is 0 Å². The maximum absolute atomic E-state index is 12.4. The summed E-state index contributed by atoms with van der Waals surface area (Å²) in [6, 6.07) is 18.6. The third kappa shape index (κ3) is 4.55. The summed E-state index contributed by atoms with van der Waals surface area (Å²) in [5.41, 5.74) is 2.20. The normalized spacial score (nSPS) is 10.1. The molecular weight excluding hydrogens is 342 g/mol. The number of pyridine rings is 1. The van der Waals surface area contributed by atoms with Crippen molar-refractivity contribution in [2.24, 2.45) is 0 Å². The van der Waals surface area contributed by atoms with Gasteiger partial charge in [-0.2, -0.15) is 0 Å². The number of methoxy groups -OCH3 is 2. The number of amides is 1. The number of rotatable bonds is 7. The van der Waals surface area contributed by atoms with Crippen LogP contribution in [0, 0.1) is 0 Å². The van der Waals surface area contributed by atoms with Crippen molar-refractivity contribution < 1.29 is 14.3 Å². The van der Waals surface area contributed by atoms with Crippen LogP contribution in [0.4, 0.5) is 11.5 Å². The number of nitrogens with one attached hydrogen (secondary N) is 2. The average molecular weight is 363 g/mol. The van der Waals surface area contributed by atoms with Crippen LogP contribution in [0.15, 0.2) is 66.9 Å². The van der Waals surface area contributed by atoms with E-state index in [2.05, 4.69) is 15.6 Å². The highest BCUT2D eigenvalue weighted by Crippen LogP contribution is 2.26. The molecular formula is C21H21N3O3. The number of carbonyl (C=O) groups excluding carboxylic acids is 1. The van der Waals surface area contributed by atoms with Crippen molar-refractivity contribution >= 4 is 17.4 Å². The van der Waals surface area contributed by atoms with Crippen molar-refractivity contribution in [3.8, 4) is 11.5 Å². The van der Waals surface area contributed by atoms with E-state index in [1.54, 1.807) is 26.4 Å². The van der Waals surface area contributed by atoms with Crippen LogP contribution in [0.2, 0.25) is 0 Å². The molecule has 0 atom stereocenters. The van der Waals surface area contributed by atoms with E-state index in [0.717, 1.165) is 22.7 Å². The van der Waals surface area contributed by atoms with Crippen LogP contribution >= 0.6 is 0 Å². The van der Waals surface area contributed by atoms with Gasteiger partial charge in [0.2, 0.25) is 0 Å². The molecule has 6 heteroatoms. The fourth-order valence-electron chi connectivity index (χ4n) is 2.61. The van der Waals surface area contributed by atoms with E-state index >= 15 is 0 Å². The Labute approximate surface area is 158 Å². The zero-order valence-electron chi connectivity index (χ0n) is 15.2. The van der Waals surface area contributed by atoms with Crippen LogP contribution in [-0.2, 0) is 6.54 Å². The Morgan fingerprint density at radius 3 is 2.33 bits per heavy atom. The molecule has 0 aliphatic heterocycles. The van der Waals surface area contributed by atoms with Gasteiger partial charge in [-0.1, -0.05) is 30.3 Å². The number of aromatic nitrogens is 1. The van der Waals surface area contributed by atoms with Gasteiger partial charge >= 0.3 is 0 Å². The predicted molar refractivity (Wildman–Crippen MR) is 105 cm³/mol. The molecule has 1 aromatic heterocycles. The standard InChI is InChI=1S/C21H21N3O3/c1-26-18-9-5-3-7-15(18)13-23-21(25)16-11-12-20(22-14-16)24-17-8-4-6-10-19(17)27-2/h3-12,14H,13H2,1-2H3,(H,22,24)(H,23,25). The maximum atomic E-state index is 12.4. The first kappa shape index (κ1) is 18.3. The van der Waals surface area contributed by atoms with Crippen LogP contribution in [0.5, 0.6) is 11.5 Å². The summed E-state index contributed by atoms with van der Waals surface area (Å²) in [5, 5.41) is 6.06. The molecule has 3 aromatic rings. The molecule has 0 saturated carbocycles. The summed E-state index contributed by atoms with van der Waals surface area (Å²) < 4.78 is 10.6. The Morgan fingerprint density at radius 2 is 1.63 bits per heavy atom. The average Bonchev–Trinajstić information content (AvgIpc) is 2.73. The first-order chi connectivity index (χ1) is 13.2. The number of anilines is 2. The first-order valence-corrected chi connectivity index (χ1v) is 8.47. The van der Waals surface area contributed by atoms with Crippen LogP contribution in [0.1, 0.15) is 15.9 Å². The molecule has 6 nitrogen and oxygen atoms in total. The number of para-hydroxylation sites is 3. The molecule has 1 heterocycles. The summed E-state index contributed by atoms with van der Waals surface area (Å²) in [5.74, 6) is 1.89. The summed E-state index contributed by atoms with van der Waals surface area (Å²) in [6.45, 7) is 0.379. The number of nitrogens with zero attached hydrogens (tertiary/aromatic N) is 1. The lowest BCUT2D eigenvalue weighted by Gasteiger charge is -2.11. The minimum absolute atomic E-state index is 0.197. The quantitative estimate of drug-likeness (QED) is 0.668. The monoisotopic (exact) mass is 363 g/mol. The van der Waals surface area contributed by atoms with E-state index in [4.69, 9.17) is 9.47 Å². The topological polar surface area (TPSA) is 72.5 Å². The van der Waals surface area contributed by atoms with Crippen LogP contribution in [0.3, 0.4) is 0 Å². The van der Waals surface area contributed by atoms with Gasteiger partial charge in [-0.25, -0.2) is 4.98 Å². The highest BCUT2D eigenvalue weighted by molar-refractivity contribution is 5.94. The summed E-state index contributed by atoms with van der Waals surface area (Å²) in [4.78, 5) is 16.7. The predicted octanol–water partition coefficient (Wildman–Crippen LogP) is 3.77. The van der Waals surface area contributed by atoms with Gasteiger partial charge in [0.1, 0.15) is 17.3 Å². The fraction of sp³-hybridized carbons (Fsp3) is 0.143. The minimum atomic E-state index is -0.197. The van der Waals surface area contributed by atoms with Crippen molar-refractivity contribution in [2.75, 3.05) is 19.5 Å². The largest absolute Gasteiger partial charge is 0.496 e. The molecule has 0 aliphatic rings. The molecule has 0 radical (unpaired) electrons. The van der Waals surface area contributed by atoms with Crippen LogP contribution in [-0.4, -0.2) is 25.1 Å². The van der Waals surface area contributed by atoms with Crippen molar-refractivity contribution in [1.29, 1.82) is 0 Å². The van der Waals surface area contributed by atoms with Crippen molar-refractivity contribution in [3.63, 3.8) is 0 Å². The van der Waals surface area contributed by atoms with Gasteiger partial charge in [-0.05, 0) is 30.3 Å². The molecule has 3 rings (SSSR count). The van der Waals surface area contributed by atoms with Crippen molar-refractivity contribution in [3.05, 3.63) is 78.0 Å². The zero-order chi connectivity index (χ0) is 19.1. The highest BCUT2D eigenvalue weighted by atomic mass is 16.5. The van der Waals surface area contributed by atoms with Crippen molar-refractivity contribution in [2.45, 2.75) is 6.54 Å². The SMILES string of the molecule is COc1ccccc1CNC(=O)c1ccc(Nc2ccccc2OC)nc1. The molecule has 2 aromatic carbocycles. The molecule has 1 amide bonds. The van der Waals surface area contributed by atoms with Gasteiger partial charge < -0.3 is 20.1 Å². The third-order valence-electron chi connectivity index (χ3n) is 4.03. The van der Waals surface area contributed by atoms with Crippen molar-refractivity contribution in [1.82, 2.24) is 10.3 Å². The molecule has 0 aliphatic carbocycles. The number of ether oxygens (including phenoxy) is 2. The lowest BCUT2D eigenvalue weighted by Crippen LogP contribution is -2.23. The van der Waals surface area contributed by atoms with Gasteiger partial charge in [0, 0.05) is 18.3 Å². The van der Waals surface area contributed by atoms with Gasteiger partial charge in [0.05, 0.1) is 25.5 Å². The molecule has 0 unspecified atom stereocenters. The number of carbonyl (C=O) groups is 1. The van der Waals surface area contributed by atoms with Gasteiger partial charge in [0.15, 0.2) is 0 Å². The molecule has 2 N–H and O–H groups in total. The Kier molecular flexibility index (Phi) is 5.89. The number of benzene rings is 2. The number of hydrogen-bond donors (Lipinski definition) is 2.